The molecule has 0 aliphatic heterocycles. The summed E-state index contributed by atoms with van der Waals surface area (Å²) in [5.74, 6) is -0.329. The standard InChI is InChI=1S/C21H19Cl2N3O3/c1-26-21(29)18(15(12-27)11-25-26)14-7-5-13(6-8-14)9-10-24-20(28)19-16(22)3-2-4-17(19)23/h2-8,11,27H,9-10,12H2,1H3,(H,24,28). The number of carbonyl (C=O) groups excluding carboxylic acids is 1. The molecule has 150 valence electrons. The van der Waals surface area contributed by atoms with Crippen LogP contribution < -0.4 is 10.9 Å². The van der Waals surface area contributed by atoms with Gasteiger partial charge in [-0.3, -0.25) is 9.59 Å². The monoisotopic (exact) mass is 431 g/mol. The average molecular weight is 432 g/mol. The van der Waals surface area contributed by atoms with Crippen LogP contribution in [0.5, 0.6) is 0 Å². The second kappa shape index (κ2) is 9.22. The van der Waals surface area contributed by atoms with Gasteiger partial charge >= 0.3 is 0 Å². The molecule has 0 saturated heterocycles. The van der Waals surface area contributed by atoms with Crippen molar-refractivity contribution in [3.8, 4) is 11.1 Å². The van der Waals surface area contributed by atoms with E-state index in [0.29, 0.717) is 39.7 Å². The summed E-state index contributed by atoms with van der Waals surface area (Å²) >= 11 is 12.1. The van der Waals surface area contributed by atoms with Crippen LogP contribution >= 0.6 is 23.2 Å². The summed E-state index contributed by atoms with van der Waals surface area (Å²) in [6.45, 7) is 0.134. The summed E-state index contributed by atoms with van der Waals surface area (Å²) < 4.78 is 1.23. The van der Waals surface area contributed by atoms with Crippen LogP contribution in [-0.4, -0.2) is 27.3 Å². The van der Waals surface area contributed by atoms with Crippen LogP contribution in [-0.2, 0) is 20.1 Å². The van der Waals surface area contributed by atoms with Crippen molar-refractivity contribution in [1.82, 2.24) is 15.1 Å². The van der Waals surface area contributed by atoms with E-state index in [1.165, 1.54) is 10.9 Å². The van der Waals surface area contributed by atoms with Gasteiger partial charge in [-0.2, -0.15) is 5.10 Å². The van der Waals surface area contributed by atoms with Crippen molar-refractivity contribution in [1.29, 1.82) is 0 Å². The molecule has 2 aromatic carbocycles. The van der Waals surface area contributed by atoms with E-state index in [1.807, 2.05) is 24.3 Å². The lowest BCUT2D eigenvalue weighted by Gasteiger charge is -2.10. The first-order valence-electron chi connectivity index (χ1n) is 8.90. The molecule has 0 aliphatic rings. The number of rotatable bonds is 6. The highest BCUT2D eigenvalue weighted by atomic mass is 35.5. The van der Waals surface area contributed by atoms with E-state index in [0.717, 1.165) is 5.56 Å². The fourth-order valence-corrected chi connectivity index (χ4v) is 3.53. The van der Waals surface area contributed by atoms with Crippen LogP contribution in [0, 0.1) is 0 Å². The topological polar surface area (TPSA) is 84.2 Å². The van der Waals surface area contributed by atoms with Crippen LogP contribution in [0.25, 0.3) is 11.1 Å². The number of amides is 1. The van der Waals surface area contributed by atoms with Gasteiger partial charge in [0.1, 0.15) is 0 Å². The molecule has 0 bridgehead atoms. The second-order valence-corrected chi connectivity index (χ2v) is 7.25. The maximum Gasteiger partial charge on any atom is 0.274 e. The van der Waals surface area contributed by atoms with E-state index in [4.69, 9.17) is 23.2 Å². The third-order valence-corrected chi connectivity index (χ3v) is 5.15. The number of hydrogen-bond donors (Lipinski definition) is 2. The maximum absolute atomic E-state index is 12.4. The van der Waals surface area contributed by atoms with Gasteiger partial charge in [0, 0.05) is 19.2 Å². The predicted octanol–water partition coefficient (Wildman–Crippen LogP) is 3.22. The number of benzene rings is 2. The third kappa shape index (κ3) is 4.67. The number of halogens is 2. The van der Waals surface area contributed by atoms with Gasteiger partial charge in [-0.15, -0.1) is 0 Å². The van der Waals surface area contributed by atoms with Crippen molar-refractivity contribution in [2.24, 2.45) is 7.05 Å². The van der Waals surface area contributed by atoms with Gasteiger partial charge in [0.15, 0.2) is 0 Å². The molecule has 2 N–H and O–H groups in total. The van der Waals surface area contributed by atoms with Gasteiger partial charge in [-0.05, 0) is 29.7 Å². The zero-order valence-corrected chi connectivity index (χ0v) is 17.2. The Labute approximate surface area is 177 Å². The minimum Gasteiger partial charge on any atom is -0.392 e. The highest BCUT2D eigenvalue weighted by Gasteiger charge is 2.14. The zero-order chi connectivity index (χ0) is 21.0. The Morgan fingerprint density at radius 3 is 2.41 bits per heavy atom. The van der Waals surface area contributed by atoms with Gasteiger partial charge in [-0.1, -0.05) is 53.5 Å². The number of nitrogens with one attached hydrogen (secondary N) is 1. The van der Waals surface area contributed by atoms with Crippen molar-refractivity contribution < 1.29 is 9.90 Å². The normalized spacial score (nSPS) is 10.8. The number of aliphatic hydroxyl groups is 1. The fraction of sp³-hybridized carbons (Fsp3) is 0.190. The molecule has 0 fully saturated rings. The van der Waals surface area contributed by atoms with Gasteiger partial charge in [-0.25, -0.2) is 4.68 Å². The van der Waals surface area contributed by atoms with Gasteiger partial charge in [0.2, 0.25) is 0 Å². The van der Waals surface area contributed by atoms with Crippen molar-refractivity contribution in [3.63, 3.8) is 0 Å². The first kappa shape index (κ1) is 21.0. The van der Waals surface area contributed by atoms with Crippen molar-refractivity contribution in [2.45, 2.75) is 13.0 Å². The Morgan fingerprint density at radius 2 is 1.79 bits per heavy atom. The van der Waals surface area contributed by atoms with Crippen molar-refractivity contribution in [2.75, 3.05) is 6.54 Å². The number of aromatic nitrogens is 2. The van der Waals surface area contributed by atoms with E-state index < -0.39 is 0 Å². The summed E-state index contributed by atoms with van der Waals surface area (Å²) in [4.78, 5) is 24.7. The molecule has 0 radical (unpaired) electrons. The highest BCUT2D eigenvalue weighted by molar-refractivity contribution is 6.39. The first-order valence-corrected chi connectivity index (χ1v) is 9.65. The number of nitrogens with zero attached hydrogens (tertiary/aromatic N) is 2. The van der Waals surface area contributed by atoms with Gasteiger partial charge < -0.3 is 10.4 Å². The lowest BCUT2D eigenvalue weighted by molar-refractivity contribution is 0.0954. The summed E-state index contributed by atoms with van der Waals surface area (Å²) in [7, 11) is 1.56. The van der Waals surface area contributed by atoms with E-state index in [1.54, 1.807) is 25.2 Å². The molecule has 3 aromatic rings. The smallest absolute Gasteiger partial charge is 0.274 e. The SMILES string of the molecule is Cn1ncc(CO)c(-c2ccc(CCNC(=O)c3c(Cl)cccc3Cl)cc2)c1=O. The highest BCUT2D eigenvalue weighted by Crippen LogP contribution is 2.24. The average Bonchev–Trinajstić information content (AvgIpc) is 2.70. The van der Waals surface area contributed by atoms with E-state index in [2.05, 4.69) is 10.4 Å². The summed E-state index contributed by atoms with van der Waals surface area (Å²) in [6, 6.07) is 12.3. The van der Waals surface area contributed by atoms with Crippen LogP contribution in [0.1, 0.15) is 21.5 Å². The van der Waals surface area contributed by atoms with Gasteiger partial charge in [0.05, 0.1) is 34.0 Å². The molecule has 0 atom stereocenters. The first-order chi connectivity index (χ1) is 13.9. The number of hydrogen-bond acceptors (Lipinski definition) is 4. The van der Waals surface area contributed by atoms with Crippen LogP contribution in [0.4, 0.5) is 0 Å². The lowest BCUT2D eigenvalue weighted by atomic mass is 10.0. The molecule has 1 heterocycles. The quantitative estimate of drug-likeness (QED) is 0.627. The summed E-state index contributed by atoms with van der Waals surface area (Å²) in [5.41, 5.74) is 2.58. The third-order valence-electron chi connectivity index (χ3n) is 4.52. The number of carbonyl (C=O) groups is 1. The Kier molecular flexibility index (Phi) is 6.69. The molecule has 0 spiro atoms. The van der Waals surface area contributed by atoms with Crippen molar-refractivity contribution in [3.05, 3.63) is 85.8 Å². The van der Waals surface area contributed by atoms with Crippen LogP contribution in [0.2, 0.25) is 10.0 Å². The van der Waals surface area contributed by atoms with Crippen molar-refractivity contribution >= 4 is 29.1 Å². The number of aryl methyl sites for hydroxylation is 1. The largest absolute Gasteiger partial charge is 0.392 e. The van der Waals surface area contributed by atoms with Gasteiger partial charge in [0.25, 0.3) is 11.5 Å². The summed E-state index contributed by atoms with van der Waals surface area (Å²) in [6.07, 6.45) is 2.08. The molecule has 0 unspecified atom stereocenters. The molecule has 1 aromatic heterocycles. The fourth-order valence-electron chi connectivity index (χ4n) is 2.96. The minimum absolute atomic E-state index is 0.260. The molecule has 8 heteroatoms. The zero-order valence-electron chi connectivity index (χ0n) is 15.7. The minimum atomic E-state index is -0.329. The predicted molar refractivity (Wildman–Crippen MR) is 113 cm³/mol. The maximum atomic E-state index is 12.4. The molecular formula is C21H19Cl2N3O3. The molecule has 3 rings (SSSR count). The lowest BCUT2D eigenvalue weighted by Crippen LogP contribution is -2.26. The van der Waals surface area contributed by atoms with Crippen LogP contribution in [0.15, 0.2) is 53.5 Å². The van der Waals surface area contributed by atoms with E-state index in [9.17, 15) is 14.7 Å². The Balaban J connectivity index is 1.69. The molecule has 0 saturated carbocycles. The molecule has 29 heavy (non-hydrogen) atoms. The number of aliphatic hydroxyl groups excluding tert-OH is 1. The molecule has 6 nitrogen and oxygen atoms in total. The summed E-state index contributed by atoms with van der Waals surface area (Å²) in [5, 5.41) is 16.9. The van der Waals surface area contributed by atoms with E-state index in [-0.39, 0.29) is 23.6 Å². The molecule has 1 amide bonds. The second-order valence-electron chi connectivity index (χ2n) is 6.43. The molecule has 0 aliphatic carbocycles. The Bertz CT molecular complexity index is 1080. The molecular weight excluding hydrogens is 413 g/mol. The Hall–Kier alpha value is -2.67. The van der Waals surface area contributed by atoms with E-state index >= 15 is 0 Å². The Morgan fingerprint density at radius 1 is 1.14 bits per heavy atom. The van der Waals surface area contributed by atoms with Crippen LogP contribution in [0.3, 0.4) is 0 Å².